The topological polar surface area (TPSA) is 55.4 Å². The third-order valence-corrected chi connectivity index (χ3v) is 7.99. The molecule has 0 aromatic heterocycles. The van der Waals surface area contributed by atoms with Crippen molar-refractivity contribution in [3.63, 3.8) is 0 Å². The van der Waals surface area contributed by atoms with Gasteiger partial charge in [0.15, 0.2) is 0 Å². The second-order valence-corrected chi connectivity index (χ2v) is 21.5. The van der Waals surface area contributed by atoms with Crippen LogP contribution in [-0.4, -0.2) is 45.6 Å². The van der Waals surface area contributed by atoms with Crippen LogP contribution in [0, 0.1) is 0 Å². The summed E-state index contributed by atoms with van der Waals surface area (Å²) in [6.45, 7) is 37.4. The fourth-order valence-electron chi connectivity index (χ4n) is 6.74. The van der Waals surface area contributed by atoms with E-state index in [0.717, 1.165) is 25.7 Å². The van der Waals surface area contributed by atoms with Gasteiger partial charge < -0.3 is 28.4 Å². The summed E-state index contributed by atoms with van der Waals surface area (Å²) in [5.74, 6) is -2.07. The summed E-state index contributed by atoms with van der Waals surface area (Å²) in [5, 5.41) is 0. The zero-order valence-corrected chi connectivity index (χ0v) is 38.6. The minimum Gasteiger partial charge on any atom is -0.322 e. The van der Waals surface area contributed by atoms with Crippen LogP contribution in [0.1, 0.15) is 253 Å². The molecule has 0 radical (unpaired) electrons. The minimum absolute atomic E-state index is 0.362. The van der Waals surface area contributed by atoms with Gasteiger partial charge in [0.05, 0.1) is 33.6 Å². The second-order valence-electron chi connectivity index (χ2n) is 21.5. The smallest absolute Gasteiger partial charge is 0.284 e. The first-order valence-corrected chi connectivity index (χ1v) is 21.7. The van der Waals surface area contributed by atoms with Crippen molar-refractivity contribution in [1.29, 1.82) is 0 Å². The lowest BCUT2D eigenvalue weighted by atomic mass is 10.0. The van der Waals surface area contributed by atoms with Crippen molar-refractivity contribution in [2.24, 2.45) is 0 Å². The highest BCUT2D eigenvalue weighted by Gasteiger charge is 2.45. The number of hydrogen-bond acceptors (Lipinski definition) is 6. The maximum atomic E-state index is 6.50. The first-order valence-electron chi connectivity index (χ1n) is 21.7. The molecular weight excluding hydrogens is 649 g/mol. The zero-order valence-electron chi connectivity index (χ0n) is 38.6. The predicted octanol–water partition coefficient (Wildman–Crippen LogP) is 15.0. The lowest BCUT2D eigenvalue weighted by Crippen LogP contribution is -2.52. The Bertz CT molecular complexity index is 729. The number of rotatable bonds is 27. The van der Waals surface area contributed by atoms with Crippen LogP contribution in [0.4, 0.5) is 0 Å². The van der Waals surface area contributed by atoms with Crippen molar-refractivity contribution in [1.82, 2.24) is 0 Å². The average Bonchev–Trinajstić information content (AvgIpc) is 2.85. The molecule has 0 fully saturated rings. The molecule has 0 unspecified atom stereocenters. The van der Waals surface area contributed by atoms with E-state index < -0.39 is 11.9 Å². The third kappa shape index (κ3) is 32.0. The normalized spacial score (nSPS) is 14.4. The van der Waals surface area contributed by atoms with E-state index in [1.165, 1.54) is 103 Å². The molecule has 0 aromatic carbocycles. The molecule has 0 atom stereocenters. The maximum absolute atomic E-state index is 6.50. The molecular formula is C46H94O6. The summed E-state index contributed by atoms with van der Waals surface area (Å²) in [7, 11) is 0. The Labute approximate surface area is 326 Å². The van der Waals surface area contributed by atoms with Crippen LogP contribution in [-0.2, 0) is 28.4 Å². The van der Waals surface area contributed by atoms with Crippen LogP contribution in [0.5, 0.6) is 0 Å². The van der Waals surface area contributed by atoms with E-state index >= 15 is 0 Å². The number of unbranched alkanes of at least 4 members (excludes halogenated alkanes) is 17. The molecule has 0 N–H and O–H groups in total. The molecule has 0 aromatic rings. The van der Waals surface area contributed by atoms with E-state index in [9.17, 15) is 0 Å². The van der Waals surface area contributed by atoms with Gasteiger partial charge in [0, 0.05) is 12.8 Å². The van der Waals surface area contributed by atoms with Gasteiger partial charge in [-0.2, -0.15) is 0 Å². The molecule has 0 aliphatic heterocycles. The van der Waals surface area contributed by atoms with Gasteiger partial charge in [-0.25, -0.2) is 0 Å². The van der Waals surface area contributed by atoms with Crippen LogP contribution in [0.25, 0.3) is 0 Å². The molecule has 0 heterocycles. The van der Waals surface area contributed by atoms with Crippen molar-refractivity contribution in [2.75, 3.05) is 0 Å². The fraction of sp³-hybridized carbons (Fsp3) is 1.00. The summed E-state index contributed by atoms with van der Waals surface area (Å²) in [6, 6.07) is 0. The van der Waals surface area contributed by atoms with Crippen molar-refractivity contribution >= 4 is 0 Å². The van der Waals surface area contributed by atoms with Gasteiger partial charge >= 0.3 is 0 Å². The van der Waals surface area contributed by atoms with Gasteiger partial charge in [-0.15, -0.1) is 0 Å². The third-order valence-electron chi connectivity index (χ3n) is 7.99. The quantitative estimate of drug-likeness (QED) is 0.0617. The first-order chi connectivity index (χ1) is 23.4. The maximum Gasteiger partial charge on any atom is 0.284 e. The molecule has 52 heavy (non-hydrogen) atoms. The van der Waals surface area contributed by atoms with Crippen LogP contribution in [0.15, 0.2) is 0 Å². The average molecular weight is 743 g/mol. The van der Waals surface area contributed by atoms with E-state index in [4.69, 9.17) is 28.4 Å². The second kappa shape index (κ2) is 23.1. The summed E-state index contributed by atoms with van der Waals surface area (Å²) < 4.78 is 39.0. The summed E-state index contributed by atoms with van der Waals surface area (Å²) in [5.41, 5.74) is -2.17. The molecule has 0 bridgehead atoms. The molecule has 0 rings (SSSR count). The van der Waals surface area contributed by atoms with Gasteiger partial charge in [-0.3, -0.25) is 0 Å². The molecule has 6 heteroatoms. The predicted molar refractivity (Wildman–Crippen MR) is 223 cm³/mol. The fourth-order valence-corrected chi connectivity index (χ4v) is 6.74. The van der Waals surface area contributed by atoms with E-state index in [1.54, 1.807) is 0 Å². The van der Waals surface area contributed by atoms with E-state index in [2.05, 4.69) is 125 Å². The SMILES string of the molecule is CC(C)(C)OC(CCCCCCCCCCCCCCCCCCCCC(OC(C)(C)C)(OC(C)(C)C)OC(C)(C)C)(OC(C)(C)C)OC(C)(C)C. The Hall–Kier alpha value is -0.240. The molecule has 0 aliphatic carbocycles. The largest absolute Gasteiger partial charge is 0.322 e. The van der Waals surface area contributed by atoms with Gasteiger partial charge in [0.25, 0.3) is 11.9 Å². The van der Waals surface area contributed by atoms with Gasteiger partial charge in [-0.1, -0.05) is 103 Å². The Morgan fingerprint density at radius 3 is 0.423 bits per heavy atom. The van der Waals surface area contributed by atoms with Crippen molar-refractivity contribution in [2.45, 2.75) is 299 Å². The highest BCUT2D eigenvalue weighted by atomic mass is 16.9. The van der Waals surface area contributed by atoms with Crippen molar-refractivity contribution in [3.05, 3.63) is 0 Å². The molecule has 6 nitrogen and oxygen atoms in total. The standard InChI is InChI=1S/C46H94O6/c1-39(2,3)47-45(48-40(4,5)6,49-41(7,8)9)37-35-33-31-29-27-25-23-21-19-20-22-24-26-28-30-32-34-36-38-46(50-42(10,11)12,51-43(13,14)15)52-44(16,17)18/h19-38H2,1-18H3. The van der Waals surface area contributed by atoms with Crippen molar-refractivity contribution < 1.29 is 28.4 Å². The molecule has 314 valence electrons. The summed E-state index contributed by atoms with van der Waals surface area (Å²) in [6.07, 6.45) is 24.8. The monoisotopic (exact) mass is 743 g/mol. The molecule has 0 amide bonds. The van der Waals surface area contributed by atoms with E-state index in [-0.39, 0.29) is 33.6 Å². The summed E-state index contributed by atoms with van der Waals surface area (Å²) in [4.78, 5) is 0. The lowest BCUT2D eigenvalue weighted by molar-refractivity contribution is -0.450. The molecule has 0 aliphatic rings. The molecule has 0 saturated carbocycles. The highest BCUT2D eigenvalue weighted by Crippen LogP contribution is 2.38. The summed E-state index contributed by atoms with van der Waals surface area (Å²) >= 11 is 0. The van der Waals surface area contributed by atoms with Crippen LogP contribution in [0.3, 0.4) is 0 Å². The Morgan fingerprint density at radius 2 is 0.308 bits per heavy atom. The highest BCUT2D eigenvalue weighted by molar-refractivity contribution is 4.77. The Balaban J connectivity index is 4.16. The Kier molecular flexibility index (Phi) is 23.0. The molecule has 0 saturated heterocycles. The number of hydrogen-bond donors (Lipinski definition) is 0. The first kappa shape index (κ1) is 51.8. The van der Waals surface area contributed by atoms with Crippen LogP contribution >= 0.6 is 0 Å². The van der Waals surface area contributed by atoms with Gasteiger partial charge in [-0.05, 0) is 137 Å². The van der Waals surface area contributed by atoms with Crippen LogP contribution in [0.2, 0.25) is 0 Å². The van der Waals surface area contributed by atoms with Crippen LogP contribution < -0.4 is 0 Å². The lowest BCUT2D eigenvalue weighted by Gasteiger charge is -2.45. The minimum atomic E-state index is -1.03. The number of ether oxygens (including phenoxy) is 6. The Morgan fingerprint density at radius 1 is 0.192 bits per heavy atom. The van der Waals surface area contributed by atoms with Gasteiger partial charge in [0.2, 0.25) is 0 Å². The molecule has 0 spiro atoms. The van der Waals surface area contributed by atoms with E-state index in [0.29, 0.717) is 0 Å². The van der Waals surface area contributed by atoms with E-state index in [1.807, 2.05) is 0 Å². The zero-order chi connectivity index (χ0) is 40.4. The van der Waals surface area contributed by atoms with Crippen molar-refractivity contribution in [3.8, 4) is 0 Å². The van der Waals surface area contributed by atoms with Gasteiger partial charge in [0.1, 0.15) is 0 Å².